The summed E-state index contributed by atoms with van der Waals surface area (Å²) in [6, 6.07) is 13.2. The molecule has 3 rings (SSSR count). The molecule has 0 fully saturated rings. The average Bonchev–Trinajstić information content (AvgIpc) is 2.92. The third-order valence-electron chi connectivity index (χ3n) is 3.20. The van der Waals surface area contributed by atoms with Crippen LogP contribution in [0.25, 0.3) is 11.0 Å². The van der Waals surface area contributed by atoms with Gasteiger partial charge in [-0.25, -0.2) is 10.4 Å². The van der Waals surface area contributed by atoms with Crippen molar-refractivity contribution in [3.8, 4) is 5.88 Å². The van der Waals surface area contributed by atoms with E-state index in [2.05, 4.69) is 10.4 Å². The van der Waals surface area contributed by atoms with Gasteiger partial charge in [-0.3, -0.25) is 5.84 Å². The number of ether oxygens (including phenoxy) is 1. The van der Waals surface area contributed by atoms with Gasteiger partial charge in [-0.1, -0.05) is 18.2 Å². The number of methoxy groups -OCH3 is 1. The molecule has 1 atom stereocenters. The molecule has 0 aliphatic carbocycles. The van der Waals surface area contributed by atoms with Gasteiger partial charge >= 0.3 is 0 Å². The van der Waals surface area contributed by atoms with Crippen LogP contribution in [0.3, 0.4) is 0 Å². The first-order valence-electron chi connectivity index (χ1n) is 6.27. The molecule has 2 heterocycles. The summed E-state index contributed by atoms with van der Waals surface area (Å²) in [5, 5.41) is 1.03. The SMILES string of the molecule is COc1ncccc1C(NN)c1cc2ccccc2o1. The first kappa shape index (κ1) is 12.7. The predicted octanol–water partition coefficient (Wildman–Crippen LogP) is 2.39. The van der Waals surface area contributed by atoms with Gasteiger partial charge in [0.25, 0.3) is 0 Å². The van der Waals surface area contributed by atoms with Crippen molar-refractivity contribution in [1.29, 1.82) is 0 Å². The number of rotatable bonds is 4. The number of nitrogens with zero attached hydrogens (tertiary/aromatic N) is 1. The lowest BCUT2D eigenvalue weighted by Crippen LogP contribution is -2.29. The van der Waals surface area contributed by atoms with Gasteiger partial charge in [-0.05, 0) is 24.3 Å². The summed E-state index contributed by atoms with van der Waals surface area (Å²) < 4.78 is 11.1. The van der Waals surface area contributed by atoms with Gasteiger partial charge in [0.1, 0.15) is 17.4 Å². The lowest BCUT2D eigenvalue weighted by Gasteiger charge is -2.15. The average molecular weight is 269 g/mol. The third kappa shape index (κ3) is 2.13. The quantitative estimate of drug-likeness (QED) is 0.562. The second-order valence-corrected chi connectivity index (χ2v) is 4.39. The molecule has 0 saturated heterocycles. The normalized spacial score (nSPS) is 12.5. The van der Waals surface area contributed by atoms with Crippen molar-refractivity contribution in [3.05, 3.63) is 60.0 Å². The molecule has 0 aliphatic heterocycles. The highest BCUT2D eigenvalue weighted by atomic mass is 16.5. The summed E-state index contributed by atoms with van der Waals surface area (Å²) in [5.41, 5.74) is 4.41. The number of hydrazine groups is 1. The Kier molecular flexibility index (Phi) is 3.37. The van der Waals surface area contributed by atoms with E-state index in [1.165, 1.54) is 0 Å². The van der Waals surface area contributed by atoms with E-state index in [0.29, 0.717) is 5.88 Å². The first-order valence-corrected chi connectivity index (χ1v) is 6.27. The maximum atomic E-state index is 5.85. The molecule has 0 amide bonds. The zero-order valence-electron chi connectivity index (χ0n) is 11.0. The van der Waals surface area contributed by atoms with Crippen molar-refractivity contribution >= 4 is 11.0 Å². The molecule has 3 N–H and O–H groups in total. The van der Waals surface area contributed by atoms with E-state index in [9.17, 15) is 0 Å². The lowest BCUT2D eigenvalue weighted by molar-refractivity contribution is 0.381. The summed E-state index contributed by atoms with van der Waals surface area (Å²) in [5.74, 6) is 6.94. The Morgan fingerprint density at radius 3 is 2.85 bits per heavy atom. The molecule has 3 aromatic rings. The summed E-state index contributed by atoms with van der Waals surface area (Å²) in [6.45, 7) is 0. The molecular weight excluding hydrogens is 254 g/mol. The zero-order chi connectivity index (χ0) is 13.9. The van der Waals surface area contributed by atoms with Gasteiger partial charge in [-0.15, -0.1) is 0 Å². The number of pyridine rings is 1. The predicted molar refractivity (Wildman–Crippen MR) is 76.2 cm³/mol. The van der Waals surface area contributed by atoms with Gasteiger partial charge < -0.3 is 9.15 Å². The number of benzene rings is 1. The van der Waals surface area contributed by atoms with E-state index in [1.54, 1.807) is 13.3 Å². The van der Waals surface area contributed by atoms with Crippen LogP contribution in [0, 0.1) is 0 Å². The molecule has 0 saturated carbocycles. The number of para-hydroxylation sites is 1. The summed E-state index contributed by atoms with van der Waals surface area (Å²) in [7, 11) is 1.58. The van der Waals surface area contributed by atoms with E-state index in [-0.39, 0.29) is 6.04 Å². The number of furan rings is 1. The molecule has 0 radical (unpaired) electrons. The highest BCUT2D eigenvalue weighted by Gasteiger charge is 2.21. The fourth-order valence-electron chi connectivity index (χ4n) is 2.26. The van der Waals surface area contributed by atoms with Gasteiger partial charge in [0.2, 0.25) is 5.88 Å². The fraction of sp³-hybridized carbons (Fsp3) is 0.133. The number of nitrogens with two attached hydrogens (primary N) is 1. The maximum Gasteiger partial charge on any atom is 0.218 e. The van der Waals surface area contributed by atoms with Crippen molar-refractivity contribution in [2.45, 2.75) is 6.04 Å². The minimum Gasteiger partial charge on any atom is -0.481 e. The van der Waals surface area contributed by atoms with Gasteiger partial charge in [0.15, 0.2) is 0 Å². The molecule has 2 aromatic heterocycles. The Morgan fingerprint density at radius 2 is 2.10 bits per heavy atom. The van der Waals surface area contributed by atoms with E-state index >= 15 is 0 Å². The number of nitrogens with one attached hydrogen (secondary N) is 1. The maximum absolute atomic E-state index is 5.85. The van der Waals surface area contributed by atoms with Gasteiger partial charge in [0.05, 0.1) is 7.11 Å². The van der Waals surface area contributed by atoms with Crippen LogP contribution in [0.1, 0.15) is 17.4 Å². The van der Waals surface area contributed by atoms with Crippen molar-refractivity contribution in [2.75, 3.05) is 7.11 Å². The van der Waals surface area contributed by atoms with Crippen LogP contribution in [0.4, 0.5) is 0 Å². The Hall–Kier alpha value is -2.37. The van der Waals surface area contributed by atoms with Crippen LogP contribution < -0.4 is 16.0 Å². The summed E-state index contributed by atoms with van der Waals surface area (Å²) in [6.07, 6.45) is 1.68. The summed E-state index contributed by atoms with van der Waals surface area (Å²) >= 11 is 0. The number of hydrogen-bond acceptors (Lipinski definition) is 5. The second-order valence-electron chi connectivity index (χ2n) is 4.39. The number of fused-ring (bicyclic) bond motifs is 1. The van der Waals surface area contributed by atoms with E-state index in [1.807, 2.05) is 42.5 Å². The monoisotopic (exact) mass is 269 g/mol. The van der Waals surface area contributed by atoms with E-state index < -0.39 is 0 Å². The number of aromatic nitrogens is 1. The molecule has 0 spiro atoms. The highest BCUT2D eigenvalue weighted by molar-refractivity contribution is 5.78. The van der Waals surface area contributed by atoms with Crippen molar-refractivity contribution in [1.82, 2.24) is 10.4 Å². The molecule has 1 unspecified atom stereocenters. The molecule has 1 aromatic carbocycles. The minimum atomic E-state index is -0.314. The Morgan fingerprint density at radius 1 is 1.25 bits per heavy atom. The Bertz CT molecular complexity index is 691. The van der Waals surface area contributed by atoms with Crippen LogP contribution >= 0.6 is 0 Å². The Labute approximate surface area is 116 Å². The highest BCUT2D eigenvalue weighted by Crippen LogP contribution is 2.31. The van der Waals surface area contributed by atoms with Crippen LogP contribution in [-0.2, 0) is 0 Å². The lowest BCUT2D eigenvalue weighted by atomic mass is 10.1. The second kappa shape index (κ2) is 5.32. The molecular formula is C15H15N3O2. The minimum absolute atomic E-state index is 0.314. The third-order valence-corrected chi connectivity index (χ3v) is 3.20. The van der Waals surface area contributed by atoms with Crippen LogP contribution in [0.5, 0.6) is 5.88 Å². The smallest absolute Gasteiger partial charge is 0.218 e. The molecule has 102 valence electrons. The molecule has 0 aliphatic rings. The Balaban J connectivity index is 2.09. The standard InChI is InChI=1S/C15H15N3O2/c1-19-15-11(6-4-8-17-15)14(18-16)13-9-10-5-2-3-7-12(10)20-13/h2-9,14,18H,16H2,1H3. The van der Waals surface area contributed by atoms with Gasteiger partial charge in [-0.2, -0.15) is 0 Å². The van der Waals surface area contributed by atoms with Crippen LogP contribution in [-0.4, -0.2) is 12.1 Å². The summed E-state index contributed by atoms with van der Waals surface area (Å²) in [4.78, 5) is 4.19. The van der Waals surface area contributed by atoms with Crippen molar-refractivity contribution in [3.63, 3.8) is 0 Å². The topological polar surface area (TPSA) is 73.3 Å². The molecule has 5 heteroatoms. The first-order chi connectivity index (χ1) is 9.83. The fourth-order valence-corrected chi connectivity index (χ4v) is 2.26. The molecule has 20 heavy (non-hydrogen) atoms. The molecule has 0 bridgehead atoms. The number of hydrogen-bond donors (Lipinski definition) is 2. The zero-order valence-corrected chi connectivity index (χ0v) is 11.0. The van der Waals surface area contributed by atoms with E-state index in [0.717, 1.165) is 22.3 Å². The van der Waals surface area contributed by atoms with E-state index in [4.69, 9.17) is 15.0 Å². The van der Waals surface area contributed by atoms with Crippen LogP contribution in [0.2, 0.25) is 0 Å². The van der Waals surface area contributed by atoms with Crippen molar-refractivity contribution in [2.24, 2.45) is 5.84 Å². The van der Waals surface area contributed by atoms with Gasteiger partial charge in [0, 0.05) is 17.1 Å². The van der Waals surface area contributed by atoms with Crippen LogP contribution in [0.15, 0.2) is 53.1 Å². The largest absolute Gasteiger partial charge is 0.481 e. The van der Waals surface area contributed by atoms with Crippen molar-refractivity contribution < 1.29 is 9.15 Å². The molecule has 5 nitrogen and oxygen atoms in total.